The second-order valence-corrected chi connectivity index (χ2v) is 8.55. The van der Waals surface area contributed by atoms with Gasteiger partial charge in [0, 0.05) is 11.8 Å². The first-order valence-corrected chi connectivity index (χ1v) is 11.7. The van der Waals surface area contributed by atoms with Gasteiger partial charge in [-0.05, 0) is 70.5 Å². The first-order chi connectivity index (χ1) is 16.2. The van der Waals surface area contributed by atoms with Crippen molar-refractivity contribution in [2.45, 2.75) is 18.8 Å². The van der Waals surface area contributed by atoms with E-state index in [-0.39, 0.29) is 5.92 Å². The van der Waals surface area contributed by atoms with Crippen LogP contribution in [0.15, 0.2) is 97.1 Å². The van der Waals surface area contributed by atoms with Crippen LogP contribution in [0.1, 0.15) is 39.3 Å². The molecule has 33 heavy (non-hydrogen) atoms. The van der Waals surface area contributed by atoms with Crippen LogP contribution in [0.4, 0.5) is 0 Å². The number of halogens is 1. The first-order valence-electron chi connectivity index (χ1n) is 11.2. The van der Waals surface area contributed by atoms with E-state index >= 15 is 0 Å². The Balaban J connectivity index is 1.42. The zero-order chi connectivity index (χ0) is 23.0. The molecule has 0 unspecified atom stereocenters. The summed E-state index contributed by atoms with van der Waals surface area (Å²) >= 11 is 6.41. The molecule has 0 fully saturated rings. The van der Waals surface area contributed by atoms with Gasteiger partial charge < -0.3 is 9.47 Å². The Labute approximate surface area is 201 Å². The highest BCUT2D eigenvalue weighted by atomic mass is 35.5. The molecule has 0 aliphatic heterocycles. The average molecular weight is 457 g/mol. The molecule has 4 aromatic rings. The molecule has 0 bridgehead atoms. The van der Waals surface area contributed by atoms with Crippen molar-refractivity contribution >= 4 is 11.6 Å². The Morgan fingerprint density at radius 3 is 1.09 bits per heavy atom. The predicted molar refractivity (Wildman–Crippen MR) is 137 cm³/mol. The van der Waals surface area contributed by atoms with Crippen LogP contribution in [0, 0.1) is 0 Å². The molecule has 0 saturated carbocycles. The van der Waals surface area contributed by atoms with Crippen molar-refractivity contribution in [3.8, 4) is 11.5 Å². The lowest BCUT2D eigenvalue weighted by atomic mass is 9.90. The Morgan fingerprint density at radius 1 is 0.515 bits per heavy atom. The van der Waals surface area contributed by atoms with Crippen molar-refractivity contribution in [2.24, 2.45) is 0 Å². The van der Waals surface area contributed by atoms with Crippen molar-refractivity contribution in [3.05, 3.63) is 130 Å². The highest BCUT2D eigenvalue weighted by Gasteiger charge is 2.13. The van der Waals surface area contributed by atoms with Crippen molar-refractivity contribution < 1.29 is 9.47 Å². The molecular formula is C30H29ClO2. The van der Waals surface area contributed by atoms with E-state index in [4.69, 9.17) is 21.1 Å². The monoisotopic (exact) mass is 456 g/mol. The van der Waals surface area contributed by atoms with E-state index in [2.05, 4.69) is 72.8 Å². The van der Waals surface area contributed by atoms with Crippen LogP contribution in [-0.2, 0) is 12.8 Å². The molecule has 4 aromatic carbocycles. The number of ether oxygens (including phenoxy) is 2. The van der Waals surface area contributed by atoms with Gasteiger partial charge in [-0.1, -0.05) is 72.8 Å². The predicted octanol–water partition coefficient (Wildman–Crippen LogP) is 7.26. The summed E-state index contributed by atoms with van der Waals surface area (Å²) in [5.41, 5.74) is 7.59. The highest BCUT2D eigenvalue weighted by Crippen LogP contribution is 2.28. The Morgan fingerprint density at radius 2 is 0.818 bits per heavy atom. The second kappa shape index (κ2) is 11.1. The fraction of sp³-hybridized carbons (Fsp3) is 0.200. The Kier molecular flexibility index (Phi) is 7.70. The van der Waals surface area contributed by atoms with E-state index in [1.54, 1.807) is 14.2 Å². The number of hydrogen-bond donors (Lipinski definition) is 0. The normalized spacial score (nSPS) is 10.9. The number of alkyl halides is 1. The van der Waals surface area contributed by atoms with Gasteiger partial charge in [0.05, 0.1) is 14.2 Å². The lowest BCUT2D eigenvalue weighted by molar-refractivity contribution is 0.414. The molecule has 0 spiro atoms. The van der Waals surface area contributed by atoms with Crippen LogP contribution in [0.3, 0.4) is 0 Å². The molecule has 0 saturated heterocycles. The summed E-state index contributed by atoms with van der Waals surface area (Å²) in [5.74, 6) is 2.50. The zero-order valence-corrected chi connectivity index (χ0v) is 19.9. The number of methoxy groups -OCH3 is 2. The molecule has 3 heteroatoms. The quantitative estimate of drug-likeness (QED) is 0.247. The summed E-state index contributed by atoms with van der Waals surface area (Å²) < 4.78 is 10.5. The lowest BCUT2D eigenvalue weighted by Gasteiger charge is -2.16. The van der Waals surface area contributed by atoms with Gasteiger partial charge >= 0.3 is 0 Å². The summed E-state index contributed by atoms with van der Waals surface area (Å²) in [6.07, 6.45) is 1.80. The molecule has 4 rings (SSSR count). The van der Waals surface area contributed by atoms with Crippen molar-refractivity contribution in [1.82, 2.24) is 0 Å². The fourth-order valence-electron chi connectivity index (χ4n) is 4.06. The van der Waals surface area contributed by atoms with E-state index in [0.717, 1.165) is 24.3 Å². The van der Waals surface area contributed by atoms with Gasteiger partial charge in [0.1, 0.15) is 11.5 Å². The second-order valence-electron chi connectivity index (χ2n) is 8.24. The molecule has 0 aliphatic rings. The van der Waals surface area contributed by atoms with Crippen molar-refractivity contribution in [3.63, 3.8) is 0 Å². The Hall–Kier alpha value is -3.23. The minimum Gasteiger partial charge on any atom is -0.497 e. The topological polar surface area (TPSA) is 18.5 Å². The standard InChI is InChI=1S/C30H29ClO2/c1-32-28-15-7-24(8-16-28)19-22-3-11-26(12-4-22)30(21-31)27-13-5-23(6-14-27)20-25-9-17-29(33-2)18-10-25/h3-18,30H,19-21H2,1-2H3. The van der Waals surface area contributed by atoms with Gasteiger partial charge in [0.25, 0.3) is 0 Å². The van der Waals surface area contributed by atoms with Crippen LogP contribution in [-0.4, -0.2) is 20.1 Å². The highest BCUT2D eigenvalue weighted by molar-refractivity contribution is 6.18. The van der Waals surface area contributed by atoms with Crippen LogP contribution in [0.25, 0.3) is 0 Å². The summed E-state index contributed by atoms with van der Waals surface area (Å²) in [5, 5.41) is 0. The SMILES string of the molecule is COc1ccc(Cc2ccc(C(CCl)c3ccc(Cc4ccc(OC)cc4)cc3)cc2)cc1. The van der Waals surface area contributed by atoms with Gasteiger partial charge in [-0.15, -0.1) is 11.6 Å². The number of rotatable bonds is 9. The van der Waals surface area contributed by atoms with Crippen LogP contribution < -0.4 is 9.47 Å². The molecule has 0 aliphatic carbocycles. The Bertz CT molecular complexity index is 1040. The third kappa shape index (κ3) is 5.97. The third-order valence-corrected chi connectivity index (χ3v) is 6.36. The summed E-state index contributed by atoms with van der Waals surface area (Å²) in [6, 6.07) is 34.1. The van der Waals surface area contributed by atoms with E-state index in [1.807, 2.05) is 24.3 Å². The van der Waals surface area contributed by atoms with Gasteiger partial charge in [-0.25, -0.2) is 0 Å². The summed E-state index contributed by atoms with van der Waals surface area (Å²) in [7, 11) is 3.38. The molecule has 0 radical (unpaired) electrons. The lowest BCUT2D eigenvalue weighted by Crippen LogP contribution is -2.03. The van der Waals surface area contributed by atoms with Crippen molar-refractivity contribution in [1.29, 1.82) is 0 Å². The molecule has 0 amide bonds. The first kappa shape index (κ1) is 22.9. The minimum absolute atomic E-state index is 0.178. The molecule has 168 valence electrons. The molecule has 0 atom stereocenters. The molecular weight excluding hydrogens is 428 g/mol. The van der Waals surface area contributed by atoms with Crippen LogP contribution in [0.2, 0.25) is 0 Å². The minimum atomic E-state index is 0.178. The van der Waals surface area contributed by atoms with E-state index in [0.29, 0.717) is 5.88 Å². The van der Waals surface area contributed by atoms with Gasteiger partial charge in [0.2, 0.25) is 0 Å². The van der Waals surface area contributed by atoms with Crippen LogP contribution in [0.5, 0.6) is 11.5 Å². The van der Waals surface area contributed by atoms with Crippen LogP contribution >= 0.6 is 11.6 Å². The van der Waals surface area contributed by atoms with Gasteiger partial charge in [0.15, 0.2) is 0 Å². The maximum Gasteiger partial charge on any atom is 0.118 e. The maximum absolute atomic E-state index is 6.41. The average Bonchev–Trinajstić information content (AvgIpc) is 2.87. The molecule has 0 N–H and O–H groups in total. The van der Waals surface area contributed by atoms with E-state index in [1.165, 1.54) is 33.4 Å². The molecule has 0 heterocycles. The number of hydrogen-bond acceptors (Lipinski definition) is 2. The fourth-order valence-corrected chi connectivity index (χ4v) is 4.42. The van der Waals surface area contributed by atoms with Gasteiger partial charge in [-0.3, -0.25) is 0 Å². The summed E-state index contributed by atoms with van der Waals surface area (Å²) in [4.78, 5) is 0. The van der Waals surface area contributed by atoms with Gasteiger partial charge in [-0.2, -0.15) is 0 Å². The van der Waals surface area contributed by atoms with Crippen molar-refractivity contribution in [2.75, 3.05) is 20.1 Å². The summed E-state index contributed by atoms with van der Waals surface area (Å²) in [6.45, 7) is 0. The smallest absolute Gasteiger partial charge is 0.118 e. The van der Waals surface area contributed by atoms with E-state index in [9.17, 15) is 0 Å². The maximum atomic E-state index is 6.41. The molecule has 2 nitrogen and oxygen atoms in total. The third-order valence-electron chi connectivity index (χ3n) is 6.05. The number of benzene rings is 4. The van der Waals surface area contributed by atoms with E-state index < -0.39 is 0 Å². The molecule has 0 aromatic heterocycles. The largest absolute Gasteiger partial charge is 0.497 e. The zero-order valence-electron chi connectivity index (χ0n) is 19.1.